The van der Waals surface area contributed by atoms with Crippen molar-refractivity contribution in [1.29, 1.82) is 0 Å². The first kappa shape index (κ1) is 28.7. The summed E-state index contributed by atoms with van der Waals surface area (Å²) in [7, 11) is 0. The third-order valence-corrected chi connectivity index (χ3v) is 8.51. The number of hydrogen-bond donors (Lipinski definition) is 0. The number of benzene rings is 6. The van der Waals surface area contributed by atoms with Crippen molar-refractivity contribution in [3.05, 3.63) is 199 Å². The van der Waals surface area contributed by atoms with Gasteiger partial charge < -0.3 is 4.90 Å². The largest absolute Gasteiger partial charge is 0.303 e. The Morgan fingerprint density at radius 1 is 0.587 bits per heavy atom. The molecule has 0 atom stereocenters. The van der Waals surface area contributed by atoms with Gasteiger partial charge in [0.25, 0.3) is 0 Å². The average molecular weight is 588 g/mol. The predicted molar refractivity (Wildman–Crippen MR) is 196 cm³/mol. The number of para-hydroxylation sites is 1. The molecule has 1 nitrogen and oxygen atoms in total. The van der Waals surface area contributed by atoms with Crippen molar-refractivity contribution >= 4 is 39.5 Å². The topological polar surface area (TPSA) is 3.24 Å². The van der Waals surface area contributed by atoms with Gasteiger partial charge in [-0.2, -0.15) is 0 Å². The van der Waals surface area contributed by atoms with Crippen LogP contribution < -0.4 is 4.90 Å². The molecule has 0 saturated heterocycles. The lowest BCUT2D eigenvalue weighted by Gasteiger charge is -2.24. The van der Waals surface area contributed by atoms with Crippen molar-refractivity contribution in [2.75, 3.05) is 4.90 Å². The van der Waals surface area contributed by atoms with E-state index in [0.29, 0.717) is 0 Å². The summed E-state index contributed by atoms with van der Waals surface area (Å²) in [6.07, 6.45) is 4.28. The lowest BCUT2D eigenvalue weighted by Crippen LogP contribution is -2.09. The molecule has 0 bridgehead atoms. The van der Waals surface area contributed by atoms with Gasteiger partial charge in [0.2, 0.25) is 0 Å². The Morgan fingerprint density at radius 3 is 1.72 bits per heavy atom. The lowest BCUT2D eigenvalue weighted by molar-refractivity contribution is 1.28. The van der Waals surface area contributed by atoms with Crippen molar-refractivity contribution in [2.24, 2.45) is 0 Å². The summed E-state index contributed by atoms with van der Waals surface area (Å²) < 4.78 is 0. The summed E-state index contributed by atoms with van der Waals surface area (Å²) in [4.78, 5) is 2.20. The molecule has 0 aliphatic rings. The van der Waals surface area contributed by atoms with E-state index in [1.807, 2.05) is 24.3 Å². The Kier molecular flexibility index (Phi) is 8.02. The highest BCUT2D eigenvalue weighted by Crippen LogP contribution is 2.43. The van der Waals surface area contributed by atoms with Gasteiger partial charge in [0.15, 0.2) is 0 Å². The molecule has 0 aliphatic heterocycles. The van der Waals surface area contributed by atoms with Gasteiger partial charge in [-0.05, 0) is 111 Å². The first-order valence-corrected chi connectivity index (χ1v) is 15.6. The van der Waals surface area contributed by atoms with E-state index in [1.165, 1.54) is 44.2 Å². The number of hydrogen-bond acceptors (Lipinski definition) is 1. The molecule has 218 valence electrons. The van der Waals surface area contributed by atoms with E-state index in [4.69, 9.17) is 0 Å². The van der Waals surface area contributed by atoms with Crippen LogP contribution in [0.3, 0.4) is 0 Å². The minimum absolute atomic E-state index is 0.939. The highest BCUT2D eigenvalue weighted by molar-refractivity contribution is 6.11. The Hall–Kier alpha value is -6.10. The van der Waals surface area contributed by atoms with Crippen LogP contribution >= 0.6 is 0 Å². The molecular formula is C45H33N. The summed E-state index contributed by atoms with van der Waals surface area (Å²) in [6.45, 7) is 6.53. The molecule has 0 aliphatic carbocycles. The number of fused-ring (bicyclic) bond motifs is 1. The molecule has 0 saturated carbocycles. The maximum atomic E-state index is 4.27. The summed E-state index contributed by atoms with van der Waals surface area (Å²) in [5, 5.41) is 2.49. The van der Waals surface area contributed by atoms with Gasteiger partial charge in [-0.15, -0.1) is 0 Å². The van der Waals surface area contributed by atoms with Crippen molar-refractivity contribution in [2.45, 2.75) is 6.92 Å². The highest BCUT2D eigenvalue weighted by atomic mass is 15.1. The fourth-order valence-electron chi connectivity index (χ4n) is 6.36. The fourth-order valence-corrected chi connectivity index (χ4v) is 6.36. The van der Waals surface area contributed by atoms with Crippen LogP contribution in [0.5, 0.6) is 0 Å². The fraction of sp³-hybridized carbons (Fsp3) is 0.0222. The van der Waals surface area contributed by atoms with Gasteiger partial charge in [0.1, 0.15) is 0 Å². The minimum atomic E-state index is 0.939. The zero-order chi connectivity index (χ0) is 31.3. The van der Waals surface area contributed by atoms with Crippen LogP contribution in [0.25, 0.3) is 44.7 Å². The van der Waals surface area contributed by atoms with Crippen LogP contribution in [0.4, 0.5) is 17.1 Å². The van der Waals surface area contributed by atoms with E-state index < -0.39 is 0 Å². The Labute approximate surface area is 272 Å². The van der Waals surface area contributed by atoms with Crippen LogP contribution in [0.1, 0.15) is 16.7 Å². The molecular weight excluding hydrogens is 555 g/mol. The standard InChI is InChI=1S/C45H33N/c1-3-34(35-28-30-40(31-29-35)46(38-22-12-6-13-23-38)39-24-14-7-15-25-39)32-43-33(2)44(36-18-8-4-9-19-36)41-26-16-17-27-42(41)45(43)37-20-10-5-11-21-37/h3-14,16-24,26-32H,1H2,2H3/b34-32+. The molecule has 0 spiro atoms. The quantitative estimate of drug-likeness (QED) is 0.126. The van der Waals surface area contributed by atoms with Crippen LogP contribution in [0.2, 0.25) is 0 Å². The molecule has 0 aromatic heterocycles. The SMILES string of the molecule is C=C/C(=C\c1c(C)c(-c2ccccc2)c2ccccc2c1-c1ccccc1)c1ccc(N(c2c#cccc2)c2ccccc2)cc1. The number of anilines is 3. The predicted octanol–water partition coefficient (Wildman–Crippen LogP) is 12.3. The average Bonchev–Trinajstić information content (AvgIpc) is 3.13. The summed E-state index contributed by atoms with van der Waals surface area (Å²) in [6, 6.07) is 61.6. The van der Waals surface area contributed by atoms with Gasteiger partial charge in [0, 0.05) is 11.4 Å². The van der Waals surface area contributed by atoms with Crippen LogP contribution in [-0.4, -0.2) is 0 Å². The Morgan fingerprint density at radius 2 is 1.13 bits per heavy atom. The number of rotatable bonds is 8. The molecule has 0 unspecified atom stereocenters. The van der Waals surface area contributed by atoms with Crippen molar-refractivity contribution in [1.82, 2.24) is 0 Å². The maximum Gasteiger partial charge on any atom is 0.0973 e. The number of nitrogens with zero attached hydrogens (tertiary/aromatic N) is 1. The van der Waals surface area contributed by atoms with E-state index in [1.54, 1.807) is 0 Å². The lowest BCUT2D eigenvalue weighted by atomic mass is 9.83. The van der Waals surface area contributed by atoms with Gasteiger partial charge >= 0.3 is 0 Å². The zero-order valence-corrected chi connectivity index (χ0v) is 25.8. The summed E-state index contributed by atoms with van der Waals surface area (Å²) in [5.74, 6) is 0. The van der Waals surface area contributed by atoms with Gasteiger partial charge in [-0.25, -0.2) is 0 Å². The molecule has 0 heterocycles. The molecule has 0 fully saturated rings. The van der Waals surface area contributed by atoms with Gasteiger partial charge in [-0.1, -0.05) is 140 Å². The molecule has 46 heavy (non-hydrogen) atoms. The van der Waals surface area contributed by atoms with Crippen molar-refractivity contribution < 1.29 is 0 Å². The zero-order valence-electron chi connectivity index (χ0n) is 25.8. The van der Waals surface area contributed by atoms with E-state index >= 15 is 0 Å². The third kappa shape index (κ3) is 5.50. The Bertz CT molecular complexity index is 2090. The first-order chi connectivity index (χ1) is 22.7. The van der Waals surface area contributed by atoms with Crippen molar-refractivity contribution in [3.8, 4) is 22.3 Å². The normalized spacial score (nSPS) is 11.2. The maximum absolute atomic E-state index is 4.27. The second-order valence-electron chi connectivity index (χ2n) is 11.3. The van der Waals surface area contributed by atoms with E-state index in [2.05, 4.69) is 176 Å². The van der Waals surface area contributed by atoms with Crippen LogP contribution in [0.15, 0.2) is 170 Å². The molecule has 1 heteroatoms. The molecule has 0 radical (unpaired) electrons. The van der Waals surface area contributed by atoms with Gasteiger partial charge in [0.05, 0.1) is 5.69 Å². The second-order valence-corrected chi connectivity index (χ2v) is 11.3. The van der Waals surface area contributed by atoms with Crippen LogP contribution in [0, 0.1) is 19.1 Å². The van der Waals surface area contributed by atoms with Crippen molar-refractivity contribution in [3.63, 3.8) is 0 Å². The molecule has 0 amide bonds. The second kappa shape index (κ2) is 12.9. The van der Waals surface area contributed by atoms with E-state index in [-0.39, 0.29) is 0 Å². The van der Waals surface area contributed by atoms with Crippen LogP contribution in [-0.2, 0) is 0 Å². The Balaban J connectivity index is 1.40. The summed E-state index contributed by atoms with van der Waals surface area (Å²) in [5.41, 5.74) is 12.6. The smallest absolute Gasteiger partial charge is 0.0973 e. The number of allylic oxidation sites excluding steroid dienone is 2. The minimum Gasteiger partial charge on any atom is -0.303 e. The van der Waals surface area contributed by atoms with E-state index in [0.717, 1.165) is 28.2 Å². The molecule has 0 N–H and O–H groups in total. The monoisotopic (exact) mass is 587 g/mol. The third-order valence-electron chi connectivity index (χ3n) is 8.51. The molecule has 7 rings (SSSR count). The highest BCUT2D eigenvalue weighted by Gasteiger charge is 2.19. The molecule has 7 aromatic rings. The first-order valence-electron chi connectivity index (χ1n) is 15.6. The molecule has 7 aromatic carbocycles. The van der Waals surface area contributed by atoms with E-state index in [9.17, 15) is 0 Å². The summed E-state index contributed by atoms with van der Waals surface area (Å²) >= 11 is 0. The van der Waals surface area contributed by atoms with Gasteiger partial charge in [-0.3, -0.25) is 0 Å².